The van der Waals surface area contributed by atoms with Crippen LogP contribution in [0.2, 0.25) is 0 Å². The van der Waals surface area contributed by atoms with E-state index < -0.39 is 54.0 Å². The molecule has 6 N–H and O–H groups in total. The second kappa shape index (κ2) is 11.2. The van der Waals surface area contributed by atoms with Crippen LogP contribution >= 0.6 is 11.8 Å². The van der Waals surface area contributed by atoms with Crippen molar-refractivity contribution in [1.82, 2.24) is 15.5 Å². The summed E-state index contributed by atoms with van der Waals surface area (Å²) in [5, 5.41) is 23.5. The SMILES string of the molecule is CSCCC(NC(=O)C1CCCN1C(=O)C(N)C(C)O)C(=O)NC(C)C(=O)O. The summed E-state index contributed by atoms with van der Waals surface area (Å²) >= 11 is 1.49. The van der Waals surface area contributed by atoms with Gasteiger partial charge >= 0.3 is 5.97 Å². The summed E-state index contributed by atoms with van der Waals surface area (Å²) in [5.41, 5.74) is 5.71. The summed E-state index contributed by atoms with van der Waals surface area (Å²) in [4.78, 5) is 49.8. The molecule has 0 bridgehead atoms. The van der Waals surface area contributed by atoms with Crippen molar-refractivity contribution in [1.29, 1.82) is 0 Å². The van der Waals surface area contributed by atoms with Crippen LogP contribution in [0.4, 0.5) is 0 Å². The van der Waals surface area contributed by atoms with Crippen molar-refractivity contribution < 1.29 is 29.4 Å². The fraction of sp³-hybridized carbons (Fsp3) is 0.765. The number of aliphatic carboxylic acids is 1. The van der Waals surface area contributed by atoms with E-state index >= 15 is 0 Å². The van der Waals surface area contributed by atoms with Gasteiger partial charge in [-0.2, -0.15) is 11.8 Å². The number of carboxylic acids is 1. The number of thioether (sulfide) groups is 1. The fourth-order valence-corrected chi connectivity index (χ4v) is 3.32. The first-order valence-corrected chi connectivity index (χ1v) is 10.6. The highest BCUT2D eigenvalue weighted by molar-refractivity contribution is 7.98. The molecule has 5 unspecified atom stereocenters. The van der Waals surface area contributed by atoms with E-state index in [1.54, 1.807) is 0 Å². The number of nitrogens with two attached hydrogens (primary N) is 1. The van der Waals surface area contributed by atoms with Crippen molar-refractivity contribution in [2.75, 3.05) is 18.6 Å². The molecule has 0 saturated carbocycles. The second-order valence-corrected chi connectivity index (χ2v) is 7.85. The predicted molar refractivity (Wildman–Crippen MR) is 105 cm³/mol. The van der Waals surface area contributed by atoms with E-state index in [9.17, 15) is 24.3 Å². The molecule has 1 aliphatic heterocycles. The molecular formula is C17H30N4O6S. The Balaban J connectivity index is 2.83. The molecule has 160 valence electrons. The molecule has 1 aliphatic rings. The Morgan fingerprint density at radius 1 is 1.25 bits per heavy atom. The number of carboxylic acid groups (broad SMARTS) is 1. The van der Waals surface area contributed by atoms with Gasteiger partial charge in [0, 0.05) is 6.54 Å². The maximum atomic E-state index is 12.7. The zero-order valence-corrected chi connectivity index (χ0v) is 17.2. The zero-order chi connectivity index (χ0) is 21.4. The minimum absolute atomic E-state index is 0.318. The Hall–Kier alpha value is -1.85. The van der Waals surface area contributed by atoms with Gasteiger partial charge in [-0.3, -0.25) is 19.2 Å². The van der Waals surface area contributed by atoms with Gasteiger partial charge < -0.3 is 31.5 Å². The average molecular weight is 419 g/mol. The number of aliphatic hydroxyl groups is 1. The van der Waals surface area contributed by atoms with Gasteiger partial charge in [0.05, 0.1) is 6.10 Å². The van der Waals surface area contributed by atoms with Gasteiger partial charge in [-0.15, -0.1) is 0 Å². The van der Waals surface area contributed by atoms with E-state index in [-0.39, 0.29) is 0 Å². The minimum Gasteiger partial charge on any atom is -0.480 e. The van der Waals surface area contributed by atoms with Crippen molar-refractivity contribution in [3.63, 3.8) is 0 Å². The summed E-state index contributed by atoms with van der Waals surface area (Å²) in [7, 11) is 0. The molecule has 1 saturated heterocycles. The second-order valence-electron chi connectivity index (χ2n) is 6.87. The summed E-state index contributed by atoms with van der Waals surface area (Å²) in [6.07, 6.45) is 2.15. The first kappa shape index (κ1) is 24.2. The number of nitrogens with zero attached hydrogens (tertiary/aromatic N) is 1. The molecule has 28 heavy (non-hydrogen) atoms. The molecule has 1 heterocycles. The lowest BCUT2D eigenvalue weighted by atomic mass is 10.1. The molecule has 0 aliphatic carbocycles. The molecule has 1 fully saturated rings. The Bertz CT molecular complexity index is 588. The molecule has 0 spiro atoms. The number of rotatable bonds is 10. The Labute approximate surface area is 168 Å². The Kier molecular flexibility index (Phi) is 9.70. The molecule has 0 aromatic rings. The predicted octanol–water partition coefficient (Wildman–Crippen LogP) is -1.49. The summed E-state index contributed by atoms with van der Waals surface area (Å²) in [5.74, 6) is -2.19. The Morgan fingerprint density at radius 2 is 1.89 bits per heavy atom. The monoisotopic (exact) mass is 418 g/mol. The third-order valence-electron chi connectivity index (χ3n) is 4.62. The van der Waals surface area contributed by atoms with Crippen molar-refractivity contribution in [3.8, 4) is 0 Å². The van der Waals surface area contributed by atoms with E-state index in [2.05, 4.69) is 10.6 Å². The van der Waals surface area contributed by atoms with Crippen LogP contribution < -0.4 is 16.4 Å². The summed E-state index contributed by atoms with van der Waals surface area (Å²) in [6, 6.07) is -3.90. The van der Waals surface area contributed by atoms with Gasteiger partial charge in [0.2, 0.25) is 17.7 Å². The van der Waals surface area contributed by atoms with Gasteiger partial charge in [0.25, 0.3) is 0 Å². The highest BCUT2D eigenvalue weighted by atomic mass is 32.2. The van der Waals surface area contributed by atoms with E-state index in [1.807, 2.05) is 6.26 Å². The van der Waals surface area contributed by atoms with Crippen LogP contribution in [0, 0.1) is 0 Å². The molecule has 0 aromatic carbocycles. The number of hydrogen-bond acceptors (Lipinski definition) is 7. The number of amides is 3. The topological polar surface area (TPSA) is 162 Å². The fourth-order valence-electron chi connectivity index (χ4n) is 2.85. The van der Waals surface area contributed by atoms with Crippen LogP contribution in [-0.4, -0.2) is 87.6 Å². The minimum atomic E-state index is -1.18. The highest BCUT2D eigenvalue weighted by Gasteiger charge is 2.38. The lowest BCUT2D eigenvalue weighted by Gasteiger charge is -2.29. The lowest BCUT2D eigenvalue weighted by molar-refractivity contribution is -0.143. The van der Waals surface area contributed by atoms with Crippen LogP contribution in [0.5, 0.6) is 0 Å². The van der Waals surface area contributed by atoms with Gasteiger partial charge in [-0.05, 0) is 45.1 Å². The molecular weight excluding hydrogens is 388 g/mol. The molecule has 0 aromatic heterocycles. The van der Waals surface area contributed by atoms with Crippen LogP contribution in [-0.2, 0) is 19.2 Å². The maximum Gasteiger partial charge on any atom is 0.325 e. The molecule has 11 heteroatoms. The van der Waals surface area contributed by atoms with Gasteiger partial charge in [0.15, 0.2) is 0 Å². The standard InChI is InChI=1S/C17H30N4O6S/c1-9(17(26)27)19-14(23)11(6-8-28-3)20-15(24)12-5-4-7-21(12)16(25)13(18)10(2)22/h9-13,22H,4-8,18H2,1-3H3,(H,19,23)(H,20,24)(H,26,27). The molecule has 3 amide bonds. The van der Waals surface area contributed by atoms with Crippen molar-refractivity contribution in [2.24, 2.45) is 5.73 Å². The normalized spacial score (nSPS) is 20.8. The van der Waals surface area contributed by atoms with E-state index in [0.29, 0.717) is 31.6 Å². The first-order chi connectivity index (χ1) is 13.1. The van der Waals surface area contributed by atoms with Gasteiger partial charge in [-0.25, -0.2) is 0 Å². The quantitative estimate of drug-likeness (QED) is 0.287. The number of carbonyl (C=O) groups excluding carboxylic acids is 3. The lowest BCUT2D eigenvalue weighted by Crippen LogP contribution is -2.57. The van der Waals surface area contributed by atoms with E-state index in [4.69, 9.17) is 10.8 Å². The molecule has 5 atom stereocenters. The number of aliphatic hydroxyl groups excluding tert-OH is 1. The van der Waals surface area contributed by atoms with Crippen LogP contribution in [0.25, 0.3) is 0 Å². The van der Waals surface area contributed by atoms with Crippen LogP contribution in [0.1, 0.15) is 33.1 Å². The third-order valence-corrected chi connectivity index (χ3v) is 5.26. The molecule has 0 radical (unpaired) electrons. The number of nitrogens with one attached hydrogen (secondary N) is 2. The Morgan fingerprint density at radius 3 is 2.43 bits per heavy atom. The first-order valence-electron chi connectivity index (χ1n) is 9.16. The smallest absolute Gasteiger partial charge is 0.325 e. The van der Waals surface area contributed by atoms with E-state index in [1.165, 1.54) is 30.5 Å². The number of likely N-dealkylation sites (tertiary alicyclic amines) is 1. The third kappa shape index (κ3) is 6.64. The highest BCUT2D eigenvalue weighted by Crippen LogP contribution is 2.19. The number of carbonyl (C=O) groups is 4. The van der Waals surface area contributed by atoms with Crippen LogP contribution in [0.3, 0.4) is 0 Å². The van der Waals surface area contributed by atoms with Gasteiger partial charge in [0.1, 0.15) is 24.2 Å². The number of hydrogen-bond donors (Lipinski definition) is 5. The zero-order valence-electron chi connectivity index (χ0n) is 16.4. The maximum absolute atomic E-state index is 12.7. The largest absolute Gasteiger partial charge is 0.480 e. The average Bonchev–Trinajstić information content (AvgIpc) is 3.13. The summed E-state index contributed by atoms with van der Waals surface area (Å²) in [6.45, 7) is 3.08. The van der Waals surface area contributed by atoms with Crippen LogP contribution in [0.15, 0.2) is 0 Å². The molecule has 1 rings (SSSR count). The summed E-state index contributed by atoms with van der Waals surface area (Å²) < 4.78 is 0. The van der Waals surface area contributed by atoms with Crippen molar-refractivity contribution in [3.05, 3.63) is 0 Å². The van der Waals surface area contributed by atoms with E-state index in [0.717, 1.165) is 0 Å². The van der Waals surface area contributed by atoms with Gasteiger partial charge in [-0.1, -0.05) is 0 Å². The van der Waals surface area contributed by atoms with Crippen molar-refractivity contribution in [2.45, 2.75) is 63.4 Å². The molecule has 10 nitrogen and oxygen atoms in total. The van der Waals surface area contributed by atoms with Crippen molar-refractivity contribution >= 4 is 35.5 Å².